The number of hydrogen-bond donors (Lipinski definition) is 2. The molecule has 0 unspecified atom stereocenters. The van der Waals surface area contributed by atoms with E-state index in [1.165, 1.54) is 11.3 Å². The van der Waals surface area contributed by atoms with E-state index in [0.717, 1.165) is 27.4 Å². The fraction of sp³-hybridized carbons (Fsp3) is 0.375. The van der Waals surface area contributed by atoms with Crippen molar-refractivity contribution in [1.29, 1.82) is 0 Å². The number of nitrogens with two attached hydrogens (primary N) is 1. The summed E-state index contributed by atoms with van der Waals surface area (Å²) < 4.78 is 5.26. The maximum absolute atomic E-state index is 11.8. The molecule has 1 aromatic heterocycles. The second kappa shape index (κ2) is 5.96. The molecule has 22 heavy (non-hydrogen) atoms. The van der Waals surface area contributed by atoms with Crippen molar-refractivity contribution >= 4 is 28.2 Å². The van der Waals surface area contributed by atoms with Crippen LogP contribution in [0.4, 0.5) is 15.6 Å². The molecule has 1 amide bonds. The van der Waals surface area contributed by atoms with Crippen molar-refractivity contribution in [2.45, 2.75) is 40.2 Å². The Morgan fingerprint density at radius 1 is 1.32 bits per heavy atom. The molecule has 0 aliphatic rings. The average molecular weight is 319 g/mol. The van der Waals surface area contributed by atoms with Gasteiger partial charge < -0.3 is 10.5 Å². The molecule has 0 spiro atoms. The number of thiazole rings is 1. The Morgan fingerprint density at radius 2 is 2.00 bits per heavy atom. The molecule has 1 aromatic carbocycles. The molecule has 0 saturated heterocycles. The van der Waals surface area contributed by atoms with Crippen LogP contribution in [-0.2, 0) is 4.74 Å². The number of anilines is 2. The van der Waals surface area contributed by atoms with Crippen molar-refractivity contribution in [2.24, 2.45) is 0 Å². The molecule has 118 valence electrons. The number of hydrogen-bond acceptors (Lipinski definition) is 5. The zero-order valence-electron chi connectivity index (χ0n) is 13.5. The van der Waals surface area contributed by atoms with Crippen LogP contribution in [0, 0.1) is 13.8 Å². The second-order valence-corrected chi connectivity index (χ2v) is 7.35. The molecule has 0 aliphatic carbocycles. The van der Waals surface area contributed by atoms with Crippen molar-refractivity contribution in [3.63, 3.8) is 0 Å². The molecular weight excluding hydrogens is 298 g/mol. The number of nitrogens with one attached hydrogen (secondary N) is 1. The smallest absolute Gasteiger partial charge is 0.412 e. The highest BCUT2D eigenvalue weighted by molar-refractivity contribution is 7.15. The fourth-order valence-electron chi connectivity index (χ4n) is 2.05. The monoisotopic (exact) mass is 319 g/mol. The third-order valence-electron chi connectivity index (χ3n) is 2.95. The van der Waals surface area contributed by atoms with Crippen LogP contribution in [0.25, 0.3) is 11.3 Å². The summed E-state index contributed by atoms with van der Waals surface area (Å²) in [5.74, 6) is 0. The van der Waals surface area contributed by atoms with Gasteiger partial charge in [-0.3, -0.25) is 5.32 Å². The molecular formula is C16H21N3O2S. The van der Waals surface area contributed by atoms with E-state index in [4.69, 9.17) is 10.5 Å². The highest BCUT2D eigenvalue weighted by Crippen LogP contribution is 2.31. The fourth-order valence-corrected chi connectivity index (χ4v) is 2.76. The summed E-state index contributed by atoms with van der Waals surface area (Å²) in [7, 11) is 0. The molecule has 5 nitrogen and oxygen atoms in total. The van der Waals surface area contributed by atoms with E-state index in [9.17, 15) is 4.79 Å². The second-order valence-electron chi connectivity index (χ2n) is 6.11. The number of aryl methyl sites for hydroxylation is 2. The van der Waals surface area contributed by atoms with Crippen LogP contribution in [0.3, 0.4) is 0 Å². The number of nitrogens with zero attached hydrogens (tertiary/aromatic N) is 1. The lowest BCUT2D eigenvalue weighted by molar-refractivity contribution is 0.0636. The van der Waals surface area contributed by atoms with Crippen molar-refractivity contribution in [3.05, 3.63) is 28.6 Å². The first-order valence-electron chi connectivity index (χ1n) is 6.99. The van der Waals surface area contributed by atoms with Gasteiger partial charge in [-0.15, -0.1) is 11.3 Å². The molecule has 0 fully saturated rings. The van der Waals surface area contributed by atoms with Gasteiger partial charge in [-0.1, -0.05) is 6.07 Å². The van der Waals surface area contributed by atoms with Crippen molar-refractivity contribution < 1.29 is 9.53 Å². The zero-order valence-corrected chi connectivity index (χ0v) is 14.3. The minimum Gasteiger partial charge on any atom is -0.444 e. The summed E-state index contributed by atoms with van der Waals surface area (Å²) in [5, 5.41) is 3.32. The molecule has 0 atom stereocenters. The Balaban J connectivity index is 2.20. The third-order valence-corrected chi connectivity index (χ3v) is 3.75. The number of amides is 1. The SMILES string of the molecule is Cc1cc(-c2nc(N)sc2C)ccc1NC(=O)OC(C)(C)C. The summed E-state index contributed by atoms with van der Waals surface area (Å²) in [6.07, 6.45) is -0.461. The third kappa shape index (κ3) is 3.98. The quantitative estimate of drug-likeness (QED) is 0.862. The van der Waals surface area contributed by atoms with Crippen LogP contribution >= 0.6 is 11.3 Å². The van der Waals surface area contributed by atoms with Gasteiger partial charge >= 0.3 is 6.09 Å². The summed E-state index contributed by atoms with van der Waals surface area (Å²) in [6.45, 7) is 9.42. The predicted molar refractivity (Wildman–Crippen MR) is 91.3 cm³/mol. The molecule has 0 aliphatic heterocycles. The predicted octanol–water partition coefficient (Wildman–Crippen LogP) is 4.36. The first-order chi connectivity index (χ1) is 10.2. The number of benzene rings is 1. The number of carbonyl (C=O) groups is 1. The average Bonchev–Trinajstić information content (AvgIpc) is 2.68. The van der Waals surface area contributed by atoms with E-state index in [1.54, 1.807) is 0 Å². The minimum atomic E-state index is -0.521. The molecule has 2 aromatic rings. The standard InChI is InChI=1S/C16H21N3O2S/c1-9-8-11(13-10(2)22-14(17)19-13)6-7-12(9)18-15(20)21-16(3,4)5/h6-8H,1-5H3,(H2,17,19)(H,18,20). The van der Waals surface area contributed by atoms with E-state index in [0.29, 0.717) is 5.13 Å². The van der Waals surface area contributed by atoms with Crippen LogP contribution in [0.1, 0.15) is 31.2 Å². The first-order valence-corrected chi connectivity index (χ1v) is 7.81. The van der Waals surface area contributed by atoms with Gasteiger partial charge in [0.05, 0.1) is 5.69 Å². The van der Waals surface area contributed by atoms with Gasteiger partial charge in [-0.25, -0.2) is 9.78 Å². The van der Waals surface area contributed by atoms with Crippen LogP contribution in [-0.4, -0.2) is 16.7 Å². The van der Waals surface area contributed by atoms with Crippen molar-refractivity contribution in [1.82, 2.24) is 4.98 Å². The molecule has 6 heteroatoms. The molecule has 0 saturated carbocycles. The normalized spacial score (nSPS) is 11.3. The van der Waals surface area contributed by atoms with Gasteiger partial charge in [0.15, 0.2) is 5.13 Å². The summed E-state index contributed by atoms with van der Waals surface area (Å²) >= 11 is 1.47. The van der Waals surface area contributed by atoms with Gasteiger partial charge in [-0.2, -0.15) is 0 Å². The molecule has 1 heterocycles. The minimum absolute atomic E-state index is 0.461. The van der Waals surface area contributed by atoms with E-state index in [-0.39, 0.29) is 0 Å². The van der Waals surface area contributed by atoms with Crippen molar-refractivity contribution in [3.8, 4) is 11.3 Å². The lowest BCUT2D eigenvalue weighted by Crippen LogP contribution is -2.27. The van der Waals surface area contributed by atoms with Gasteiger partial charge in [0.1, 0.15) is 5.60 Å². The Bertz CT molecular complexity index is 702. The number of nitrogen functional groups attached to an aromatic ring is 1. The topological polar surface area (TPSA) is 77.2 Å². The zero-order chi connectivity index (χ0) is 16.5. The first kappa shape index (κ1) is 16.3. The Kier molecular flexibility index (Phi) is 4.42. The van der Waals surface area contributed by atoms with Gasteiger partial charge in [0.25, 0.3) is 0 Å². The highest BCUT2D eigenvalue weighted by atomic mass is 32.1. The molecule has 2 rings (SSSR count). The summed E-state index contributed by atoms with van der Waals surface area (Å²) in [6, 6.07) is 5.75. The van der Waals surface area contributed by atoms with E-state index in [2.05, 4.69) is 10.3 Å². The van der Waals surface area contributed by atoms with Gasteiger partial charge in [-0.05, 0) is 52.3 Å². The lowest BCUT2D eigenvalue weighted by atomic mass is 10.1. The maximum atomic E-state index is 11.8. The Hall–Kier alpha value is -2.08. The van der Waals surface area contributed by atoms with E-state index >= 15 is 0 Å². The number of rotatable bonds is 2. The van der Waals surface area contributed by atoms with Crippen LogP contribution in [0.2, 0.25) is 0 Å². The van der Waals surface area contributed by atoms with Crippen LogP contribution < -0.4 is 11.1 Å². The molecule has 3 N–H and O–H groups in total. The van der Waals surface area contributed by atoms with Gasteiger partial charge in [0.2, 0.25) is 0 Å². The van der Waals surface area contributed by atoms with Crippen molar-refractivity contribution in [2.75, 3.05) is 11.1 Å². The summed E-state index contributed by atoms with van der Waals surface area (Å²) in [4.78, 5) is 17.3. The van der Waals surface area contributed by atoms with Gasteiger partial charge in [0, 0.05) is 16.1 Å². The summed E-state index contributed by atoms with van der Waals surface area (Å²) in [5.41, 5.74) is 8.75. The van der Waals surface area contributed by atoms with E-state index < -0.39 is 11.7 Å². The molecule has 0 bridgehead atoms. The maximum Gasteiger partial charge on any atom is 0.412 e. The molecule has 0 radical (unpaired) electrons. The van der Waals surface area contributed by atoms with Crippen LogP contribution in [0.15, 0.2) is 18.2 Å². The number of ether oxygens (including phenoxy) is 1. The Morgan fingerprint density at radius 3 is 2.50 bits per heavy atom. The van der Waals surface area contributed by atoms with E-state index in [1.807, 2.05) is 52.8 Å². The number of aromatic nitrogens is 1. The van der Waals surface area contributed by atoms with Crippen LogP contribution in [0.5, 0.6) is 0 Å². The number of carbonyl (C=O) groups excluding carboxylic acids is 1. The largest absolute Gasteiger partial charge is 0.444 e. The highest BCUT2D eigenvalue weighted by Gasteiger charge is 2.17. The Labute approximate surface area is 134 Å². The lowest BCUT2D eigenvalue weighted by Gasteiger charge is -2.20.